The molecule has 0 saturated heterocycles. The lowest BCUT2D eigenvalue weighted by Gasteiger charge is -2.06. The Bertz CT molecular complexity index is 312. The van der Waals surface area contributed by atoms with Crippen LogP contribution in [0.4, 0.5) is 0 Å². The van der Waals surface area contributed by atoms with Gasteiger partial charge in [0.25, 0.3) is 0 Å². The van der Waals surface area contributed by atoms with E-state index in [9.17, 15) is 0 Å². The molecule has 0 heterocycles. The first-order valence-corrected chi connectivity index (χ1v) is 5.35. The van der Waals surface area contributed by atoms with E-state index in [0.717, 1.165) is 18.3 Å². The van der Waals surface area contributed by atoms with Crippen LogP contribution in [0.15, 0.2) is 18.2 Å². The summed E-state index contributed by atoms with van der Waals surface area (Å²) in [5.74, 6) is 1.55. The van der Waals surface area contributed by atoms with Crippen LogP contribution in [0.3, 0.4) is 0 Å². The summed E-state index contributed by atoms with van der Waals surface area (Å²) < 4.78 is 0. The molecule has 2 rings (SSSR count). The van der Waals surface area contributed by atoms with Crippen molar-refractivity contribution in [2.75, 3.05) is 0 Å². The summed E-state index contributed by atoms with van der Waals surface area (Å²) in [6, 6.07) is 7.03. The maximum absolute atomic E-state index is 2.41. The van der Waals surface area contributed by atoms with Gasteiger partial charge in [-0.25, -0.2) is 0 Å². The first-order chi connectivity index (χ1) is 6.22. The van der Waals surface area contributed by atoms with Gasteiger partial charge >= 0.3 is 0 Å². The molecule has 1 aliphatic carbocycles. The van der Waals surface area contributed by atoms with Crippen LogP contribution in [-0.2, 0) is 6.42 Å². The molecule has 1 aromatic rings. The molecule has 0 spiro atoms. The Kier molecular flexibility index (Phi) is 2.15. The van der Waals surface area contributed by atoms with Gasteiger partial charge in [0.2, 0.25) is 0 Å². The molecule has 0 radical (unpaired) electrons. The minimum Gasteiger partial charge on any atom is -0.0613 e. The molecular formula is C13H18. The van der Waals surface area contributed by atoms with Gasteiger partial charge in [-0.2, -0.15) is 0 Å². The maximum atomic E-state index is 2.41. The van der Waals surface area contributed by atoms with Crippen LogP contribution in [-0.4, -0.2) is 0 Å². The summed E-state index contributed by atoms with van der Waals surface area (Å²) in [5.41, 5.74) is 4.68. The number of aryl methyl sites for hydroxylation is 1. The summed E-state index contributed by atoms with van der Waals surface area (Å²) in [4.78, 5) is 0. The molecule has 0 amide bonds. The topological polar surface area (TPSA) is 0 Å². The Balaban J connectivity index is 2.46. The fourth-order valence-corrected chi connectivity index (χ4v) is 2.50. The fraction of sp³-hybridized carbons (Fsp3) is 0.538. The zero-order valence-electron chi connectivity index (χ0n) is 8.80. The van der Waals surface area contributed by atoms with E-state index in [0.29, 0.717) is 0 Å². The lowest BCUT2D eigenvalue weighted by molar-refractivity contribution is 0.661. The van der Waals surface area contributed by atoms with Gasteiger partial charge in [0.15, 0.2) is 0 Å². The molecule has 0 fully saturated rings. The Hall–Kier alpha value is -0.780. The third kappa shape index (κ3) is 1.39. The van der Waals surface area contributed by atoms with Gasteiger partial charge in [-0.1, -0.05) is 39.0 Å². The van der Waals surface area contributed by atoms with E-state index in [2.05, 4.69) is 39.0 Å². The molecule has 2 atom stereocenters. The summed E-state index contributed by atoms with van der Waals surface area (Å²) in [6.45, 7) is 6.92. The lowest BCUT2D eigenvalue weighted by atomic mass is 9.99. The first-order valence-electron chi connectivity index (χ1n) is 5.35. The second-order valence-electron chi connectivity index (χ2n) is 4.35. The normalized spacial score (nSPS) is 26.1. The van der Waals surface area contributed by atoms with Crippen LogP contribution < -0.4 is 0 Å². The van der Waals surface area contributed by atoms with Gasteiger partial charge < -0.3 is 0 Å². The molecule has 13 heavy (non-hydrogen) atoms. The van der Waals surface area contributed by atoms with Crippen LogP contribution in [0.25, 0.3) is 0 Å². The van der Waals surface area contributed by atoms with Crippen molar-refractivity contribution in [2.45, 2.75) is 45.4 Å². The molecule has 0 bridgehead atoms. The van der Waals surface area contributed by atoms with E-state index < -0.39 is 0 Å². The highest BCUT2D eigenvalue weighted by atomic mass is 14.3. The average Bonchev–Trinajstić information content (AvgIpc) is 2.42. The molecule has 0 heteroatoms. The van der Waals surface area contributed by atoms with E-state index in [4.69, 9.17) is 0 Å². The lowest BCUT2D eigenvalue weighted by Crippen LogP contribution is -1.89. The third-order valence-electron chi connectivity index (χ3n) is 3.33. The van der Waals surface area contributed by atoms with E-state index in [-0.39, 0.29) is 0 Å². The largest absolute Gasteiger partial charge is 0.0613 e. The molecular weight excluding hydrogens is 156 g/mol. The molecule has 2 unspecified atom stereocenters. The predicted molar refractivity (Wildman–Crippen MR) is 57.3 cm³/mol. The third-order valence-corrected chi connectivity index (χ3v) is 3.33. The van der Waals surface area contributed by atoms with Gasteiger partial charge in [-0.05, 0) is 41.4 Å². The van der Waals surface area contributed by atoms with Crippen LogP contribution in [0.1, 0.15) is 55.7 Å². The van der Waals surface area contributed by atoms with Crippen LogP contribution >= 0.6 is 0 Å². The molecule has 0 N–H and O–H groups in total. The predicted octanol–water partition coefficient (Wildman–Crippen LogP) is 3.86. The van der Waals surface area contributed by atoms with Gasteiger partial charge in [-0.3, -0.25) is 0 Å². The van der Waals surface area contributed by atoms with Crippen LogP contribution in [0.5, 0.6) is 0 Å². The SMILES string of the molecule is CCc1ccc2c(c1)C(C)CC2C. The second kappa shape index (κ2) is 3.17. The number of benzene rings is 1. The smallest absolute Gasteiger partial charge is 0.0182 e. The average molecular weight is 174 g/mol. The summed E-state index contributed by atoms with van der Waals surface area (Å²) in [5, 5.41) is 0. The Morgan fingerprint density at radius 1 is 1.15 bits per heavy atom. The van der Waals surface area contributed by atoms with Gasteiger partial charge in [0.05, 0.1) is 0 Å². The molecule has 0 aromatic heterocycles. The van der Waals surface area contributed by atoms with Crippen molar-refractivity contribution in [2.24, 2.45) is 0 Å². The Morgan fingerprint density at radius 2 is 1.85 bits per heavy atom. The van der Waals surface area contributed by atoms with E-state index in [1.165, 1.54) is 12.0 Å². The standard InChI is InChI=1S/C13H18/c1-4-11-5-6-12-9(2)7-10(3)13(12)8-11/h5-6,8-10H,4,7H2,1-3H3. The van der Waals surface area contributed by atoms with Crippen LogP contribution in [0, 0.1) is 0 Å². The van der Waals surface area contributed by atoms with Crippen molar-refractivity contribution in [3.8, 4) is 0 Å². The highest BCUT2D eigenvalue weighted by Gasteiger charge is 2.24. The minimum absolute atomic E-state index is 0.774. The van der Waals surface area contributed by atoms with Crippen molar-refractivity contribution in [3.63, 3.8) is 0 Å². The molecule has 0 nitrogen and oxygen atoms in total. The zero-order valence-corrected chi connectivity index (χ0v) is 8.80. The molecule has 0 saturated carbocycles. The fourth-order valence-electron chi connectivity index (χ4n) is 2.50. The van der Waals surface area contributed by atoms with E-state index >= 15 is 0 Å². The minimum atomic E-state index is 0.774. The summed E-state index contributed by atoms with van der Waals surface area (Å²) in [7, 11) is 0. The second-order valence-corrected chi connectivity index (χ2v) is 4.35. The summed E-state index contributed by atoms with van der Waals surface area (Å²) in [6.07, 6.45) is 2.50. The highest BCUT2D eigenvalue weighted by molar-refractivity contribution is 5.40. The number of hydrogen-bond acceptors (Lipinski definition) is 0. The van der Waals surface area contributed by atoms with E-state index in [1.54, 1.807) is 11.1 Å². The van der Waals surface area contributed by atoms with Crippen LogP contribution in [0.2, 0.25) is 0 Å². The quantitative estimate of drug-likeness (QED) is 0.606. The molecule has 1 aromatic carbocycles. The number of rotatable bonds is 1. The Morgan fingerprint density at radius 3 is 2.54 bits per heavy atom. The van der Waals surface area contributed by atoms with Crippen molar-refractivity contribution < 1.29 is 0 Å². The monoisotopic (exact) mass is 174 g/mol. The first kappa shape index (κ1) is 8.80. The Labute approximate surface area is 81.0 Å². The number of fused-ring (bicyclic) bond motifs is 1. The van der Waals surface area contributed by atoms with Crippen molar-refractivity contribution in [1.82, 2.24) is 0 Å². The van der Waals surface area contributed by atoms with Gasteiger partial charge in [-0.15, -0.1) is 0 Å². The van der Waals surface area contributed by atoms with Gasteiger partial charge in [0, 0.05) is 0 Å². The van der Waals surface area contributed by atoms with Crippen molar-refractivity contribution in [1.29, 1.82) is 0 Å². The maximum Gasteiger partial charge on any atom is -0.0182 e. The molecule has 1 aliphatic rings. The van der Waals surface area contributed by atoms with E-state index in [1.807, 2.05) is 0 Å². The molecule has 0 aliphatic heterocycles. The van der Waals surface area contributed by atoms with Crippen molar-refractivity contribution in [3.05, 3.63) is 34.9 Å². The molecule has 70 valence electrons. The van der Waals surface area contributed by atoms with Crippen molar-refractivity contribution >= 4 is 0 Å². The highest BCUT2D eigenvalue weighted by Crippen LogP contribution is 2.41. The summed E-state index contributed by atoms with van der Waals surface area (Å²) >= 11 is 0. The zero-order chi connectivity index (χ0) is 9.42. The van der Waals surface area contributed by atoms with Gasteiger partial charge in [0.1, 0.15) is 0 Å². The number of hydrogen-bond donors (Lipinski definition) is 0.